The van der Waals surface area contributed by atoms with Gasteiger partial charge < -0.3 is 14.6 Å². The van der Waals surface area contributed by atoms with Gasteiger partial charge in [0, 0.05) is 11.1 Å². The molecule has 6 heteroatoms. The molecule has 3 rings (SSSR count). The standard InChI is InChI=1S/C28H29FO5/c1-2-6-22-19-23(28(32)21-9-12-24(29)13-10-21)11-14-26(22)34-16-4-3-15-33-25-8-5-7-20(17-25)18-27(30)31/h5,7-14,17,19H,2-4,6,15-16,18H2,1H3,(H,30,31). The van der Waals surface area contributed by atoms with Crippen LogP contribution in [0.25, 0.3) is 0 Å². The lowest BCUT2D eigenvalue weighted by molar-refractivity contribution is -0.136. The molecule has 0 aliphatic rings. The lowest BCUT2D eigenvalue weighted by Gasteiger charge is -2.13. The van der Waals surface area contributed by atoms with Gasteiger partial charge in [-0.3, -0.25) is 9.59 Å². The molecule has 0 heterocycles. The van der Waals surface area contributed by atoms with E-state index in [9.17, 15) is 14.0 Å². The van der Waals surface area contributed by atoms with Gasteiger partial charge in [0.1, 0.15) is 17.3 Å². The van der Waals surface area contributed by atoms with Crippen molar-refractivity contribution in [3.8, 4) is 11.5 Å². The number of benzene rings is 3. The molecule has 0 aromatic heterocycles. The lowest BCUT2D eigenvalue weighted by Crippen LogP contribution is -2.06. The molecule has 0 atom stereocenters. The summed E-state index contributed by atoms with van der Waals surface area (Å²) >= 11 is 0. The molecule has 34 heavy (non-hydrogen) atoms. The molecule has 0 saturated heterocycles. The second kappa shape index (κ2) is 12.5. The second-order valence-corrected chi connectivity index (χ2v) is 8.03. The van der Waals surface area contributed by atoms with Crippen molar-refractivity contribution in [3.05, 3.63) is 94.8 Å². The topological polar surface area (TPSA) is 72.8 Å². The Morgan fingerprint density at radius 3 is 2.29 bits per heavy atom. The van der Waals surface area contributed by atoms with Crippen LogP contribution >= 0.6 is 0 Å². The predicted octanol–water partition coefficient (Wildman–Crippen LogP) is 5.87. The number of carbonyl (C=O) groups is 2. The Labute approximate surface area is 199 Å². The van der Waals surface area contributed by atoms with Crippen LogP contribution in [0, 0.1) is 5.82 Å². The maximum absolute atomic E-state index is 13.2. The highest BCUT2D eigenvalue weighted by atomic mass is 19.1. The van der Waals surface area contributed by atoms with Crippen LogP contribution in [0.3, 0.4) is 0 Å². The number of carboxylic acids is 1. The van der Waals surface area contributed by atoms with Gasteiger partial charge in [0.05, 0.1) is 19.6 Å². The minimum Gasteiger partial charge on any atom is -0.494 e. The maximum atomic E-state index is 13.2. The van der Waals surface area contributed by atoms with Crippen molar-refractivity contribution in [1.82, 2.24) is 0 Å². The largest absolute Gasteiger partial charge is 0.494 e. The molecule has 0 aliphatic carbocycles. The first kappa shape index (κ1) is 25.0. The molecule has 0 aliphatic heterocycles. The summed E-state index contributed by atoms with van der Waals surface area (Å²) in [5.41, 5.74) is 2.69. The van der Waals surface area contributed by atoms with Crippen molar-refractivity contribution >= 4 is 11.8 Å². The van der Waals surface area contributed by atoms with E-state index in [-0.39, 0.29) is 18.0 Å². The van der Waals surface area contributed by atoms with Crippen LogP contribution < -0.4 is 9.47 Å². The highest BCUT2D eigenvalue weighted by molar-refractivity contribution is 6.09. The summed E-state index contributed by atoms with van der Waals surface area (Å²) in [7, 11) is 0. The zero-order valence-corrected chi connectivity index (χ0v) is 19.3. The molecular formula is C28H29FO5. The fourth-order valence-corrected chi connectivity index (χ4v) is 3.59. The fraction of sp³-hybridized carbons (Fsp3) is 0.286. The van der Waals surface area contributed by atoms with Crippen molar-refractivity contribution in [2.24, 2.45) is 0 Å². The zero-order valence-electron chi connectivity index (χ0n) is 19.3. The summed E-state index contributed by atoms with van der Waals surface area (Å²) in [6.45, 7) is 3.10. The van der Waals surface area contributed by atoms with Gasteiger partial charge in [-0.25, -0.2) is 4.39 Å². The average Bonchev–Trinajstić information content (AvgIpc) is 2.82. The Kier molecular flexibility index (Phi) is 9.21. The molecule has 3 aromatic carbocycles. The van der Waals surface area contributed by atoms with Gasteiger partial charge in [0.2, 0.25) is 0 Å². The fourth-order valence-electron chi connectivity index (χ4n) is 3.59. The minimum atomic E-state index is -0.871. The monoisotopic (exact) mass is 464 g/mol. The Morgan fingerprint density at radius 1 is 0.882 bits per heavy atom. The smallest absolute Gasteiger partial charge is 0.307 e. The molecule has 0 radical (unpaired) electrons. The van der Waals surface area contributed by atoms with Crippen molar-refractivity contribution < 1.29 is 28.6 Å². The predicted molar refractivity (Wildman–Crippen MR) is 128 cm³/mol. The SMILES string of the molecule is CCCc1cc(C(=O)c2ccc(F)cc2)ccc1OCCCCOc1cccc(CC(=O)O)c1. The third-order valence-electron chi connectivity index (χ3n) is 5.27. The van der Waals surface area contributed by atoms with Crippen molar-refractivity contribution in [3.63, 3.8) is 0 Å². The average molecular weight is 465 g/mol. The molecule has 0 saturated carbocycles. The van der Waals surface area contributed by atoms with Gasteiger partial charge in [-0.1, -0.05) is 25.5 Å². The lowest BCUT2D eigenvalue weighted by atomic mass is 9.99. The quantitative estimate of drug-likeness (QED) is 0.253. The molecule has 3 aromatic rings. The van der Waals surface area contributed by atoms with Crippen LogP contribution in [0.5, 0.6) is 11.5 Å². The molecule has 5 nitrogen and oxygen atoms in total. The number of halogens is 1. The number of rotatable bonds is 13. The summed E-state index contributed by atoms with van der Waals surface area (Å²) in [5.74, 6) is 0.0354. The van der Waals surface area contributed by atoms with Crippen LogP contribution in [-0.2, 0) is 17.6 Å². The van der Waals surface area contributed by atoms with Gasteiger partial charge >= 0.3 is 5.97 Å². The third-order valence-corrected chi connectivity index (χ3v) is 5.27. The Balaban J connectivity index is 1.50. The molecular weight excluding hydrogens is 435 g/mol. The van der Waals surface area contributed by atoms with E-state index in [1.165, 1.54) is 24.3 Å². The van der Waals surface area contributed by atoms with E-state index < -0.39 is 5.97 Å². The highest BCUT2D eigenvalue weighted by Gasteiger charge is 2.13. The molecule has 0 fully saturated rings. The van der Waals surface area contributed by atoms with Crippen molar-refractivity contribution in [1.29, 1.82) is 0 Å². The molecule has 178 valence electrons. The van der Waals surface area contributed by atoms with Crippen LogP contribution in [0.1, 0.15) is 53.2 Å². The normalized spacial score (nSPS) is 10.6. The van der Waals surface area contributed by atoms with Gasteiger partial charge in [-0.05, 0) is 85.0 Å². The number of hydrogen-bond acceptors (Lipinski definition) is 4. The number of ketones is 1. The summed E-state index contributed by atoms with van der Waals surface area (Å²) in [5, 5.41) is 8.90. The zero-order chi connectivity index (χ0) is 24.3. The number of carboxylic acid groups (broad SMARTS) is 1. The first-order valence-electron chi connectivity index (χ1n) is 11.5. The molecule has 0 amide bonds. The number of carbonyl (C=O) groups excluding carboxylic acids is 1. The van der Waals surface area contributed by atoms with E-state index in [2.05, 4.69) is 6.92 Å². The molecule has 0 bridgehead atoms. The van der Waals surface area contributed by atoms with Gasteiger partial charge in [0.15, 0.2) is 5.78 Å². The van der Waals surface area contributed by atoms with Gasteiger partial charge in [0.25, 0.3) is 0 Å². The van der Waals surface area contributed by atoms with Crippen LogP contribution in [0.4, 0.5) is 4.39 Å². The second-order valence-electron chi connectivity index (χ2n) is 8.03. The van der Waals surface area contributed by atoms with E-state index in [1.807, 2.05) is 18.2 Å². The van der Waals surface area contributed by atoms with Gasteiger partial charge in [-0.2, -0.15) is 0 Å². The number of ether oxygens (including phenoxy) is 2. The Hall–Kier alpha value is -3.67. The minimum absolute atomic E-state index is 0.0284. The number of hydrogen-bond donors (Lipinski definition) is 1. The van der Waals surface area contributed by atoms with E-state index in [1.54, 1.807) is 24.3 Å². The third kappa shape index (κ3) is 7.44. The highest BCUT2D eigenvalue weighted by Crippen LogP contribution is 2.24. The van der Waals surface area contributed by atoms with Crippen LogP contribution in [0.2, 0.25) is 0 Å². The Morgan fingerprint density at radius 2 is 1.59 bits per heavy atom. The van der Waals surface area contributed by atoms with Crippen molar-refractivity contribution in [2.75, 3.05) is 13.2 Å². The molecule has 0 unspecified atom stereocenters. The van der Waals surface area contributed by atoms with Crippen LogP contribution in [0.15, 0.2) is 66.7 Å². The Bertz CT molecular complexity index is 1110. The summed E-state index contributed by atoms with van der Waals surface area (Å²) in [6.07, 6.45) is 3.25. The molecule has 1 N–H and O–H groups in total. The van der Waals surface area contributed by atoms with Crippen molar-refractivity contribution in [2.45, 2.75) is 39.0 Å². The number of aryl methyl sites for hydroxylation is 1. The van der Waals surface area contributed by atoms with E-state index in [0.29, 0.717) is 35.7 Å². The molecule has 0 spiro atoms. The van der Waals surface area contributed by atoms with Gasteiger partial charge in [-0.15, -0.1) is 0 Å². The summed E-state index contributed by atoms with van der Waals surface area (Å²) in [4.78, 5) is 23.6. The van der Waals surface area contributed by atoms with E-state index in [4.69, 9.17) is 14.6 Å². The number of unbranched alkanes of at least 4 members (excludes halogenated alkanes) is 1. The van der Waals surface area contributed by atoms with E-state index >= 15 is 0 Å². The number of aliphatic carboxylic acids is 1. The first-order valence-corrected chi connectivity index (χ1v) is 11.5. The van der Waals surface area contributed by atoms with E-state index in [0.717, 1.165) is 37.0 Å². The summed E-state index contributed by atoms with van der Waals surface area (Å²) < 4.78 is 24.9. The van der Waals surface area contributed by atoms with Crippen LogP contribution in [-0.4, -0.2) is 30.1 Å². The first-order chi connectivity index (χ1) is 16.5. The maximum Gasteiger partial charge on any atom is 0.307 e. The summed E-state index contributed by atoms with van der Waals surface area (Å²) in [6, 6.07) is 18.1.